The molecule has 9 heteroatoms. The van der Waals surface area contributed by atoms with Crippen molar-refractivity contribution in [2.75, 3.05) is 6.61 Å². The fourth-order valence-corrected chi connectivity index (χ4v) is 6.65. The normalized spacial score (nSPS) is 22.5. The van der Waals surface area contributed by atoms with E-state index in [0.29, 0.717) is 39.6 Å². The molecule has 2 unspecified atom stereocenters. The summed E-state index contributed by atoms with van der Waals surface area (Å²) in [6.45, 7) is 0.102. The van der Waals surface area contributed by atoms with E-state index in [0.717, 1.165) is 41.4 Å². The number of nitrogens with one attached hydrogen (secondary N) is 2. The molecule has 0 spiro atoms. The Morgan fingerprint density at radius 2 is 1.95 bits per heavy atom. The lowest BCUT2D eigenvalue weighted by atomic mass is 9.85. The van der Waals surface area contributed by atoms with Crippen LogP contribution in [0, 0.1) is 23.6 Å². The average molecular weight is 511 g/mol. The molecule has 4 aromatic heterocycles. The summed E-state index contributed by atoms with van der Waals surface area (Å²) in [7, 11) is 1.85. The Morgan fingerprint density at radius 3 is 2.71 bits per heavy atom. The predicted molar refractivity (Wildman–Crippen MR) is 142 cm³/mol. The Bertz CT molecular complexity index is 1690. The number of aliphatic hydroxyl groups is 1. The highest BCUT2D eigenvalue weighted by Crippen LogP contribution is 2.48. The van der Waals surface area contributed by atoms with Gasteiger partial charge >= 0.3 is 0 Å². The number of halogens is 1. The van der Waals surface area contributed by atoms with Crippen LogP contribution in [0.2, 0.25) is 0 Å². The molecule has 2 aliphatic rings. The molecule has 0 radical (unpaired) electrons. The Labute approximate surface area is 217 Å². The highest BCUT2D eigenvalue weighted by molar-refractivity contribution is 6.13. The van der Waals surface area contributed by atoms with Gasteiger partial charge in [0.15, 0.2) is 0 Å². The number of carbonyl (C=O) groups is 1. The molecule has 4 heterocycles. The van der Waals surface area contributed by atoms with E-state index in [1.54, 1.807) is 41.3 Å². The average Bonchev–Trinajstić information content (AvgIpc) is 3.72. The lowest BCUT2D eigenvalue weighted by Gasteiger charge is -2.30. The van der Waals surface area contributed by atoms with Crippen molar-refractivity contribution in [1.29, 1.82) is 0 Å². The maximum atomic E-state index is 15.3. The van der Waals surface area contributed by atoms with Crippen molar-refractivity contribution in [3.63, 3.8) is 0 Å². The molecular formula is C29H27FN6O2. The van der Waals surface area contributed by atoms with Crippen LogP contribution in [0.15, 0.2) is 55.1 Å². The maximum absolute atomic E-state index is 15.3. The van der Waals surface area contributed by atoms with Crippen LogP contribution in [0.4, 0.5) is 4.39 Å². The van der Waals surface area contributed by atoms with Gasteiger partial charge in [0, 0.05) is 59.3 Å². The van der Waals surface area contributed by atoms with E-state index in [1.165, 1.54) is 6.20 Å². The van der Waals surface area contributed by atoms with Crippen molar-refractivity contribution < 1.29 is 14.3 Å². The first-order valence-electron chi connectivity index (χ1n) is 13.0. The number of benzene rings is 1. The molecule has 5 aromatic rings. The third kappa shape index (κ3) is 3.60. The third-order valence-electron chi connectivity index (χ3n) is 8.49. The number of rotatable bonds is 5. The Kier molecular flexibility index (Phi) is 5.29. The first-order chi connectivity index (χ1) is 18.5. The van der Waals surface area contributed by atoms with Crippen LogP contribution in [0.1, 0.15) is 29.6 Å². The number of aliphatic hydroxyl groups excluding tert-OH is 1. The zero-order valence-corrected chi connectivity index (χ0v) is 20.9. The second-order valence-corrected chi connectivity index (χ2v) is 10.6. The molecule has 8 nitrogen and oxygen atoms in total. The van der Waals surface area contributed by atoms with Crippen LogP contribution in [0.3, 0.4) is 0 Å². The van der Waals surface area contributed by atoms with Crippen molar-refractivity contribution in [2.24, 2.45) is 24.8 Å². The minimum Gasteiger partial charge on any atom is -0.396 e. The molecule has 192 valence electrons. The fourth-order valence-electron chi connectivity index (χ4n) is 6.65. The standard InChI is InChI=1S/C29H27FN6O2/c1-36-13-19(10-33-36)23-9-20-24(12-31-23)34-28-26(20)25(22(30)11-32-28)15-2-4-16(5-3-15)29(38)35-27-18-7-6-17(8-18)21(27)14-37/h2-5,9-13,17-18,21,27,37H,6-8,14H2,1H3,(H,32,34)(H,35,38)/t17?,18?,21-,27+/m1/s1. The van der Waals surface area contributed by atoms with Crippen LogP contribution in [0.5, 0.6) is 0 Å². The summed E-state index contributed by atoms with van der Waals surface area (Å²) in [5, 5.41) is 18.7. The van der Waals surface area contributed by atoms with E-state index in [1.807, 2.05) is 19.3 Å². The summed E-state index contributed by atoms with van der Waals surface area (Å²) in [5.41, 5.74) is 4.51. The molecule has 1 amide bonds. The molecule has 0 saturated heterocycles. The minimum atomic E-state index is -0.442. The predicted octanol–water partition coefficient (Wildman–Crippen LogP) is 4.45. The van der Waals surface area contributed by atoms with Gasteiger partial charge in [-0.3, -0.25) is 14.5 Å². The van der Waals surface area contributed by atoms with E-state index >= 15 is 4.39 Å². The van der Waals surface area contributed by atoms with Gasteiger partial charge < -0.3 is 15.4 Å². The number of amides is 1. The van der Waals surface area contributed by atoms with Gasteiger partial charge in [-0.25, -0.2) is 9.37 Å². The topological polar surface area (TPSA) is 109 Å². The van der Waals surface area contributed by atoms with Gasteiger partial charge in [0.25, 0.3) is 5.91 Å². The van der Waals surface area contributed by atoms with Gasteiger partial charge in [0.05, 0.1) is 29.8 Å². The monoisotopic (exact) mass is 510 g/mol. The van der Waals surface area contributed by atoms with Crippen LogP contribution >= 0.6 is 0 Å². The van der Waals surface area contributed by atoms with Gasteiger partial charge in [-0.05, 0) is 54.9 Å². The Morgan fingerprint density at radius 1 is 1.13 bits per heavy atom. The number of fused-ring (bicyclic) bond motifs is 5. The largest absolute Gasteiger partial charge is 0.396 e. The number of carbonyl (C=O) groups excluding carboxylic acids is 1. The number of pyridine rings is 2. The number of aromatic amines is 1. The summed E-state index contributed by atoms with van der Waals surface area (Å²) in [6, 6.07) is 8.95. The minimum absolute atomic E-state index is 0.0111. The van der Waals surface area contributed by atoms with Crippen molar-refractivity contribution in [1.82, 2.24) is 30.0 Å². The van der Waals surface area contributed by atoms with Crippen molar-refractivity contribution in [2.45, 2.75) is 25.3 Å². The van der Waals surface area contributed by atoms with E-state index in [2.05, 4.69) is 25.4 Å². The van der Waals surface area contributed by atoms with E-state index in [-0.39, 0.29) is 24.5 Å². The molecule has 2 bridgehead atoms. The second kappa shape index (κ2) is 8.73. The first kappa shape index (κ1) is 23.0. The molecule has 38 heavy (non-hydrogen) atoms. The Hall–Kier alpha value is -4.11. The van der Waals surface area contributed by atoms with Gasteiger partial charge in [-0.1, -0.05) is 12.1 Å². The number of aryl methyl sites for hydroxylation is 1. The van der Waals surface area contributed by atoms with E-state index < -0.39 is 5.82 Å². The number of hydrogen-bond donors (Lipinski definition) is 3. The number of aromatic nitrogens is 5. The maximum Gasteiger partial charge on any atom is 0.251 e. The van der Waals surface area contributed by atoms with Crippen molar-refractivity contribution in [3.05, 3.63) is 66.5 Å². The molecule has 1 aromatic carbocycles. The smallest absolute Gasteiger partial charge is 0.251 e. The van der Waals surface area contributed by atoms with Gasteiger partial charge in [0.1, 0.15) is 11.5 Å². The van der Waals surface area contributed by atoms with Crippen LogP contribution in [0.25, 0.3) is 44.3 Å². The lowest BCUT2D eigenvalue weighted by Crippen LogP contribution is -2.45. The molecule has 3 N–H and O–H groups in total. The molecule has 2 saturated carbocycles. The summed E-state index contributed by atoms with van der Waals surface area (Å²) in [6.07, 6.45) is 9.88. The van der Waals surface area contributed by atoms with Crippen LogP contribution in [-0.4, -0.2) is 48.4 Å². The SMILES string of the molecule is Cn1cc(-c2cc3c(cn2)[nH]c2ncc(F)c(-c4ccc(C(=O)N[C@H]5C6CCC(C6)[C@H]5CO)cc4)c23)cn1. The zero-order chi connectivity index (χ0) is 26.0. The highest BCUT2D eigenvalue weighted by atomic mass is 19.1. The number of nitrogens with zero attached hydrogens (tertiary/aromatic N) is 4. The summed E-state index contributed by atoms with van der Waals surface area (Å²) in [4.78, 5) is 25.2. The summed E-state index contributed by atoms with van der Waals surface area (Å²) < 4.78 is 17.0. The molecule has 0 aliphatic heterocycles. The van der Waals surface area contributed by atoms with Crippen molar-refractivity contribution >= 4 is 27.8 Å². The zero-order valence-electron chi connectivity index (χ0n) is 20.9. The van der Waals surface area contributed by atoms with Gasteiger partial charge in [0.2, 0.25) is 0 Å². The van der Waals surface area contributed by atoms with Gasteiger partial charge in [-0.2, -0.15) is 5.10 Å². The quantitative estimate of drug-likeness (QED) is 0.324. The second-order valence-electron chi connectivity index (χ2n) is 10.6. The fraction of sp³-hybridized carbons (Fsp3) is 0.310. The number of hydrogen-bond acceptors (Lipinski definition) is 5. The molecular weight excluding hydrogens is 483 g/mol. The van der Waals surface area contributed by atoms with Crippen molar-refractivity contribution in [3.8, 4) is 22.4 Å². The molecule has 2 fully saturated rings. The van der Waals surface area contributed by atoms with E-state index in [9.17, 15) is 9.90 Å². The Balaban J connectivity index is 1.24. The van der Waals surface area contributed by atoms with Crippen LogP contribution < -0.4 is 5.32 Å². The highest BCUT2D eigenvalue weighted by Gasteiger charge is 2.47. The van der Waals surface area contributed by atoms with Crippen LogP contribution in [-0.2, 0) is 7.05 Å². The molecule has 4 atom stereocenters. The summed E-state index contributed by atoms with van der Waals surface area (Å²) in [5.74, 6) is 0.465. The first-order valence-corrected chi connectivity index (χ1v) is 13.0. The molecule has 2 aliphatic carbocycles. The summed E-state index contributed by atoms with van der Waals surface area (Å²) >= 11 is 0. The number of H-pyrrole nitrogens is 1. The third-order valence-corrected chi connectivity index (χ3v) is 8.49. The van der Waals surface area contributed by atoms with Gasteiger partial charge in [-0.15, -0.1) is 0 Å². The van der Waals surface area contributed by atoms with E-state index in [4.69, 9.17) is 0 Å². The lowest BCUT2D eigenvalue weighted by molar-refractivity contribution is 0.0861. The molecule has 7 rings (SSSR count).